The van der Waals surface area contributed by atoms with Gasteiger partial charge in [0.05, 0.1) is 0 Å². The third kappa shape index (κ3) is 2.91. The van der Waals surface area contributed by atoms with Crippen molar-refractivity contribution in [1.29, 1.82) is 0 Å². The first-order valence-corrected chi connectivity index (χ1v) is 8.67. The van der Waals surface area contributed by atoms with Gasteiger partial charge in [-0.2, -0.15) is 0 Å². The zero-order valence-electron chi connectivity index (χ0n) is 14.8. The Kier molecular flexibility index (Phi) is 4.09. The number of fused-ring (bicyclic) bond motifs is 2. The van der Waals surface area contributed by atoms with E-state index in [1.54, 1.807) is 6.07 Å². The van der Waals surface area contributed by atoms with Crippen molar-refractivity contribution in [3.05, 3.63) is 78.4 Å². The maximum Gasteiger partial charge on any atom is 0.249 e. The minimum absolute atomic E-state index is 0.174. The van der Waals surface area contributed by atoms with E-state index in [2.05, 4.69) is 5.32 Å². The van der Waals surface area contributed by atoms with E-state index in [1.165, 1.54) is 6.92 Å². The molecule has 0 aromatic heterocycles. The molecule has 27 heavy (non-hydrogen) atoms. The van der Waals surface area contributed by atoms with Crippen molar-refractivity contribution in [3.63, 3.8) is 0 Å². The number of primary amides is 1. The highest BCUT2D eigenvalue weighted by Gasteiger charge is 2.19. The highest BCUT2D eigenvalue weighted by molar-refractivity contribution is 6.17. The molecule has 0 saturated heterocycles. The first-order chi connectivity index (χ1) is 13.1. The summed E-state index contributed by atoms with van der Waals surface area (Å²) in [5, 5.41) is 6.78. The molecule has 0 aliphatic carbocycles. The minimum atomic E-state index is -0.502. The van der Waals surface area contributed by atoms with Gasteiger partial charge in [-0.15, -0.1) is 0 Å². The fourth-order valence-corrected chi connectivity index (χ4v) is 3.58. The van der Waals surface area contributed by atoms with E-state index < -0.39 is 5.91 Å². The number of carbonyl (C=O) groups excluding carboxylic acids is 2. The van der Waals surface area contributed by atoms with Crippen LogP contribution in [0.25, 0.3) is 32.7 Å². The Balaban J connectivity index is 2.21. The van der Waals surface area contributed by atoms with Crippen LogP contribution in [0.2, 0.25) is 0 Å². The van der Waals surface area contributed by atoms with Gasteiger partial charge in [0.2, 0.25) is 11.8 Å². The predicted octanol–water partition coefficient (Wildman–Crippen LogP) is 4.72. The molecule has 132 valence electrons. The molecule has 4 aromatic rings. The number of nitrogens with one attached hydrogen (secondary N) is 1. The standard InChI is InChI=1S/C23H18N2O2/c1-14(26)25-20-13-11-16-7-3-5-9-18(16)22(20)21-17-8-4-2-6-15(17)10-12-19(21)23(24)27/h2-13H,1H3,(H2,24,27)(H,25,26). The summed E-state index contributed by atoms with van der Waals surface area (Å²) in [5.74, 6) is -0.676. The Morgan fingerprint density at radius 2 is 1.30 bits per heavy atom. The minimum Gasteiger partial charge on any atom is -0.366 e. The molecule has 0 aliphatic rings. The van der Waals surface area contributed by atoms with Crippen LogP contribution in [-0.4, -0.2) is 11.8 Å². The molecule has 0 radical (unpaired) electrons. The van der Waals surface area contributed by atoms with Gasteiger partial charge in [0.25, 0.3) is 0 Å². The molecule has 0 heterocycles. The normalized spacial score (nSPS) is 10.9. The Morgan fingerprint density at radius 3 is 1.89 bits per heavy atom. The van der Waals surface area contributed by atoms with Crippen molar-refractivity contribution in [2.24, 2.45) is 5.73 Å². The molecule has 0 spiro atoms. The third-order valence-electron chi connectivity index (χ3n) is 4.68. The van der Waals surface area contributed by atoms with Gasteiger partial charge in [0, 0.05) is 29.3 Å². The molecule has 0 bridgehead atoms. The van der Waals surface area contributed by atoms with Gasteiger partial charge in [-0.25, -0.2) is 0 Å². The molecule has 2 amide bonds. The van der Waals surface area contributed by atoms with Crippen LogP contribution in [-0.2, 0) is 4.79 Å². The lowest BCUT2D eigenvalue weighted by atomic mass is 9.88. The van der Waals surface area contributed by atoms with Crippen LogP contribution in [0.1, 0.15) is 17.3 Å². The number of anilines is 1. The summed E-state index contributed by atoms with van der Waals surface area (Å²) in [7, 11) is 0. The molecule has 4 heteroatoms. The van der Waals surface area contributed by atoms with E-state index in [0.717, 1.165) is 32.7 Å². The van der Waals surface area contributed by atoms with Crippen LogP contribution >= 0.6 is 0 Å². The summed E-state index contributed by atoms with van der Waals surface area (Å²) < 4.78 is 0. The topological polar surface area (TPSA) is 72.2 Å². The number of amides is 2. The van der Waals surface area contributed by atoms with Crippen LogP contribution in [0, 0.1) is 0 Å². The number of rotatable bonds is 3. The summed E-state index contributed by atoms with van der Waals surface area (Å²) in [6.07, 6.45) is 0. The Morgan fingerprint density at radius 1 is 0.741 bits per heavy atom. The lowest BCUT2D eigenvalue weighted by Crippen LogP contribution is -2.14. The van der Waals surface area contributed by atoms with E-state index in [1.807, 2.05) is 66.7 Å². The van der Waals surface area contributed by atoms with E-state index in [4.69, 9.17) is 5.73 Å². The lowest BCUT2D eigenvalue weighted by Gasteiger charge is -2.18. The van der Waals surface area contributed by atoms with Crippen molar-refractivity contribution in [2.45, 2.75) is 6.92 Å². The number of carbonyl (C=O) groups is 2. The Hall–Kier alpha value is -3.66. The molecule has 4 aromatic carbocycles. The second-order valence-corrected chi connectivity index (χ2v) is 6.46. The largest absolute Gasteiger partial charge is 0.366 e. The fourth-order valence-electron chi connectivity index (χ4n) is 3.58. The van der Waals surface area contributed by atoms with E-state index in [9.17, 15) is 9.59 Å². The van der Waals surface area contributed by atoms with Crippen molar-refractivity contribution in [2.75, 3.05) is 5.32 Å². The molecule has 0 aliphatic heterocycles. The van der Waals surface area contributed by atoms with E-state index >= 15 is 0 Å². The molecule has 4 rings (SSSR count). The first kappa shape index (κ1) is 16.8. The molecular formula is C23H18N2O2. The number of hydrogen-bond donors (Lipinski definition) is 2. The van der Waals surface area contributed by atoms with Crippen molar-refractivity contribution < 1.29 is 9.59 Å². The smallest absolute Gasteiger partial charge is 0.249 e. The van der Waals surface area contributed by atoms with Crippen LogP contribution < -0.4 is 11.1 Å². The summed E-state index contributed by atoms with van der Waals surface area (Å²) in [4.78, 5) is 24.1. The first-order valence-electron chi connectivity index (χ1n) is 8.67. The van der Waals surface area contributed by atoms with Crippen LogP contribution in [0.3, 0.4) is 0 Å². The van der Waals surface area contributed by atoms with Crippen LogP contribution in [0.5, 0.6) is 0 Å². The molecule has 0 fully saturated rings. The molecule has 3 N–H and O–H groups in total. The third-order valence-corrected chi connectivity index (χ3v) is 4.68. The van der Waals surface area contributed by atoms with Gasteiger partial charge in [0.15, 0.2) is 0 Å². The number of benzene rings is 4. The molecule has 0 saturated carbocycles. The van der Waals surface area contributed by atoms with Crippen LogP contribution in [0.4, 0.5) is 5.69 Å². The van der Waals surface area contributed by atoms with Gasteiger partial charge >= 0.3 is 0 Å². The molecule has 0 unspecified atom stereocenters. The fraction of sp³-hybridized carbons (Fsp3) is 0.0435. The van der Waals surface area contributed by atoms with Crippen LogP contribution in [0.15, 0.2) is 72.8 Å². The molecular weight excluding hydrogens is 336 g/mol. The van der Waals surface area contributed by atoms with E-state index in [-0.39, 0.29) is 5.91 Å². The number of hydrogen-bond acceptors (Lipinski definition) is 2. The SMILES string of the molecule is CC(=O)Nc1ccc2ccccc2c1-c1c(C(N)=O)ccc2ccccc12. The molecule has 0 atom stereocenters. The summed E-state index contributed by atoms with van der Waals surface area (Å²) >= 11 is 0. The highest BCUT2D eigenvalue weighted by Crippen LogP contribution is 2.41. The average Bonchev–Trinajstić information content (AvgIpc) is 2.66. The maximum absolute atomic E-state index is 12.2. The second-order valence-electron chi connectivity index (χ2n) is 6.46. The molecule has 4 nitrogen and oxygen atoms in total. The van der Waals surface area contributed by atoms with Gasteiger partial charge in [-0.3, -0.25) is 9.59 Å². The van der Waals surface area contributed by atoms with Crippen molar-refractivity contribution in [3.8, 4) is 11.1 Å². The zero-order chi connectivity index (χ0) is 19.0. The Labute approximate surface area is 156 Å². The average molecular weight is 354 g/mol. The summed E-state index contributed by atoms with van der Waals surface area (Å²) in [5.41, 5.74) is 8.33. The van der Waals surface area contributed by atoms with Gasteiger partial charge in [0.1, 0.15) is 0 Å². The van der Waals surface area contributed by atoms with Gasteiger partial charge in [-0.05, 0) is 33.7 Å². The predicted molar refractivity (Wildman–Crippen MR) is 110 cm³/mol. The van der Waals surface area contributed by atoms with E-state index in [0.29, 0.717) is 11.3 Å². The maximum atomic E-state index is 12.2. The monoisotopic (exact) mass is 354 g/mol. The lowest BCUT2D eigenvalue weighted by molar-refractivity contribution is -0.114. The van der Waals surface area contributed by atoms with Gasteiger partial charge < -0.3 is 11.1 Å². The number of nitrogens with two attached hydrogens (primary N) is 1. The Bertz CT molecular complexity index is 1210. The zero-order valence-corrected chi connectivity index (χ0v) is 14.8. The highest BCUT2D eigenvalue weighted by atomic mass is 16.1. The summed E-state index contributed by atoms with van der Waals surface area (Å²) in [6.45, 7) is 1.47. The van der Waals surface area contributed by atoms with Crippen molar-refractivity contribution in [1.82, 2.24) is 0 Å². The van der Waals surface area contributed by atoms with Crippen molar-refractivity contribution >= 4 is 39.0 Å². The second kappa shape index (κ2) is 6.57. The summed E-state index contributed by atoms with van der Waals surface area (Å²) in [6, 6.07) is 23.2. The van der Waals surface area contributed by atoms with Gasteiger partial charge in [-0.1, -0.05) is 60.7 Å². The quantitative estimate of drug-likeness (QED) is 0.559.